The summed E-state index contributed by atoms with van der Waals surface area (Å²) >= 11 is 3.12. The Hall–Kier alpha value is -1.47. The fraction of sp³-hybridized carbons (Fsp3) is 0.333. The van der Waals surface area contributed by atoms with Crippen molar-refractivity contribution in [3.8, 4) is 0 Å². The zero-order valence-electron chi connectivity index (χ0n) is 10.3. The lowest BCUT2D eigenvalue weighted by atomic mass is 10.0. The maximum absolute atomic E-state index is 13.8. The number of likely N-dealkylation sites (N-methyl/N-ethyl adjacent to an activating group) is 1. The summed E-state index contributed by atoms with van der Waals surface area (Å²) in [6, 6.07) is 3.29. The zero-order valence-corrected chi connectivity index (χ0v) is 11.9. The second kappa shape index (κ2) is 6.63. The molecule has 1 unspecified atom stereocenters. The number of nitrogens with zero attached hydrogens (tertiary/aromatic N) is 1. The van der Waals surface area contributed by atoms with E-state index in [1.165, 1.54) is 24.1 Å². The number of rotatable bonds is 6. The summed E-state index contributed by atoms with van der Waals surface area (Å²) in [7, 11) is 1.53. The lowest BCUT2D eigenvalue weighted by Crippen LogP contribution is -2.37. The predicted octanol–water partition coefficient (Wildman–Crippen LogP) is 1.52. The van der Waals surface area contributed by atoms with E-state index >= 15 is 0 Å². The number of aliphatic carboxylic acids is 1. The molecule has 1 aromatic rings. The first-order chi connectivity index (χ1) is 8.82. The Bertz CT molecular complexity index is 496. The van der Waals surface area contributed by atoms with Crippen molar-refractivity contribution in [2.24, 2.45) is 5.73 Å². The Balaban J connectivity index is 3.00. The number of carboxylic acids is 1. The molecule has 0 aliphatic carbocycles. The average Bonchev–Trinajstić information content (AvgIpc) is 2.29. The van der Waals surface area contributed by atoms with E-state index < -0.39 is 23.7 Å². The van der Waals surface area contributed by atoms with Gasteiger partial charge in [-0.05, 0) is 19.2 Å². The molecule has 0 radical (unpaired) electrons. The highest BCUT2D eigenvalue weighted by molar-refractivity contribution is 9.10. The van der Waals surface area contributed by atoms with E-state index in [0.717, 1.165) is 0 Å². The van der Waals surface area contributed by atoms with Crippen LogP contribution in [0.3, 0.4) is 0 Å². The monoisotopic (exact) mass is 332 g/mol. The van der Waals surface area contributed by atoms with Crippen LogP contribution in [0.1, 0.15) is 18.0 Å². The van der Waals surface area contributed by atoms with Gasteiger partial charge in [0.25, 0.3) is 0 Å². The smallest absolute Gasteiger partial charge is 0.304 e. The van der Waals surface area contributed by atoms with Crippen LogP contribution in [0.25, 0.3) is 0 Å². The number of carbonyl (C=O) groups is 2. The van der Waals surface area contributed by atoms with Gasteiger partial charge in [0, 0.05) is 16.6 Å². The Kier molecular flexibility index (Phi) is 5.44. The molecular weight excluding hydrogens is 319 g/mol. The van der Waals surface area contributed by atoms with Gasteiger partial charge in [-0.1, -0.05) is 22.0 Å². The molecule has 3 N–H and O–H groups in total. The third kappa shape index (κ3) is 4.29. The van der Waals surface area contributed by atoms with E-state index in [2.05, 4.69) is 15.9 Å². The molecule has 0 aliphatic rings. The van der Waals surface area contributed by atoms with Gasteiger partial charge in [0.05, 0.1) is 6.42 Å². The highest BCUT2D eigenvalue weighted by Crippen LogP contribution is 2.25. The first-order valence-electron chi connectivity index (χ1n) is 5.49. The summed E-state index contributed by atoms with van der Waals surface area (Å²) in [6.07, 6.45) is -0.154. The number of primary amides is 1. The van der Waals surface area contributed by atoms with Crippen LogP contribution in [0, 0.1) is 5.82 Å². The standard InChI is InChI=1S/C12H14BrFN2O3/c1-16(5-4-10(17)18)11(12(15)19)8-3-2-7(13)6-9(8)14/h2-3,6,11H,4-5H2,1H3,(H2,15,19)(H,17,18). The van der Waals surface area contributed by atoms with E-state index in [-0.39, 0.29) is 18.5 Å². The number of amides is 1. The van der Waals surface area contributed by atoms with E-state index in [0.29, 0.717) is 4.47 Å². The molecule has 1 aromatic carbocycles. The minimum atomic E-state index is -0.994. The summed E-state index contributed by atoms with van der Waals surface area (Å²) in [5, 5.41) is 8.62. The highest BCUT2D eigenvalue weighted by Gasteiger charge is 2.26. The molecule has 0 heterocycles. The van der Waals surface area contributed by atoms with Gasteiger partial charge >= 0.3 is 5.97 Å². The van der Waals surface area contributed by atoms with Gasteiger partial charge in [0.2, 0.25) is 5.91 Å². The van der Waals surface area contributed by atoms with Gasteiger partial charge in [-0.3, -0.25) is 14.5 Å². The number of hydrogen-bond donors (Lipinski definition) is 2. The van der Waals surface area contributed by atoms with Crippen molar-refractivity contribution in [1.29, 1.82) is 0 Å². The van der Waals surface area contributed by atoms with Crippen LogP contribution < -0.4 is 5.73 Å². The maximum Gasteiger partial charge on any atom is 0.304 e. The quantitative estimate of drug-likeness (QED) is 0.827. The number of nitrogens with two attached hydrogens (primary N) is 1. The average molecular weight is 333 g/mol. The Morgan fingerprint density at radius 1 is 1.53 bits per heavy atom. The minimum Gasteiger partial charge on any atom is -0.481 e. The molecule has 0 saturated carbocycles. The molecule has 0 saturated heterocycles. The second-order valence-electron chi connectivity index (χ2n) is 4.10. The van der Waals surface area contributed by atoms with E-state index in [1.807, 2.05) is 0 Å². The number of carboxylic acid groups (broad SMARTS) is 1. The molecule has 104 valence electrons. The van der Waals surface area contributed by atoms with E-state index in [9.17, 15) is 14.0 Å². The van der Waals surface area contributed by atoms with E-state index in [4.69, 9.17) is 10.8 Å². The summed E-state index contributed by atoms with van der Waals surface area (Å²) in [4.78, 5) is 23.4. The molecule has 1 amide bonds. The van der Waals surface area contributed by atoms with Crippen LogP contribution in [0.2, 0.25) is 0 Å². The van der Waals surface area contributed by atoms with E-state index in [1.54, 1.807) is 6.07 Å². The normalized spacial score (nSPS) is 12.4. The first-order valence-corrected chi connectivity index (χ1v) is 6.28. The van der Waals surface area contributed by atoms with Crippen molar-refractivity contribution in [2.45, 2.75) is 12.5 Å². The number of halogens is 2. The van der Waals surface area contributed by atoms with Crippen molar-refractivity contribution in [3.05, 3.63) is 34.1 Å². The predicted molar refractivity (Wildman–Crippen MR) is 70.9 cm³/mol. The Morgan fingerprint density at radius 3 is 2.63 bits per heavy atom. The number of hydrogen-bond acceptors (Lipinski definition) is 3. The van der Waals surface area contributed by atoms with Crippen molar-refractivity contribution in [1.82, 2.24) is 4.90 Å². The second-order valence-corrected chi connectivity index (χ2v) is 5.01. The van der Waals surface area contributed by atoms with Gasteiger partial charge in [-0.25, -0.2) is 4.39 Å². The Morgan fingerprint density at radius 2 is 2.16 bits per heavy atom. The molecule has 0 fully saturated rings. The third-order valence-corrected chi connectivity index (χ3v) is 3.14. The molecule has 19 heavy (non-hydrogen) atoms. The van der Waals surface area contributed by atoms with Crippen LogP contribution >= 0.6 is 15.9 Å². The molecule has 0 aliphatic heterocycles. The van der Waals surface area contributed by atoms with Crippen LogP contribution in [0.4, 0.5) is 4.39 Å². The third-order valence-electron chi connectivity index (χ3n) is 2.65. The molecule has 0 aromatic heterocycles. The van der Waals surface area contributed by atoms with Crippen molar-refractivity contribution in [2.75, 3.05) is 13.6 Å². The van der Waals surface area contributed by atoms with Gasteiger partial charge in [0.15, 0.2) is 0 Å². The zero-order chi connectivity index (χ0) is 14.6. The van der Waals surface area contributed by atoms with Crippen LogP contribution in [0.15, 0.2) is 22.7 Å². The molecule has 1 atom stereocenters. The largest absolute Gasteiger partial charge is 0.481 e. The van der Waals surface area contributed by atoms with Crippen molar-refractivity contribution < 1.29 is 19.1 Å². The molecule has 1 rings (SSSR count). The summed E-state index contributed by atoms with van der Waals surface area (Å²) < 4.78 is 14.4. The molecule has 7 heteroatoms. The molecular formula is C12H14BrFN2O3. The maximum atomic E-state index is 13.8. The first kappa shape index (κ1) is 15.6. The number of carbonyl (C=O) groups excluding carboxylic acids is 1. The topological polar surface area (TPSA) is 83.6 Å². The van der Waals surface area contributed by atoms with Gasteiger partial charge in [-0.2, -0.15) is 0 Å². The van der Waals surface area contributed by atoms with Crippen molar-refractivity contribution in [3.63, 3.8) is 0 Å². The number of benzene rings is 1. The molecule has 5 nitrogen and oxygen atoms in total. The summed E-state index contributed by atoms with van der Waals surface area (Å²) in [5.41, 5.74) is 5.40. The van der Waals surface area contributed by atoms with Gasteiger partial charge in [-0.15, -0.1) is 0 Å². The minimum absolute atomic E-state index is 0.0957. The van der Waals surface area contributed by atoms with Crippen LogP contribution in [0.5, 0.6) is 0 Å². The van der Waals surface area contributed by atoms with Crippen molar-refractivity contribution >= 4 is 27.8 Å². The Labute approximate surface area is 118 Å². The van der Waals surface area contributed by atoms with Gasteiger partial charge < -0.3 is 10.8 Å². The lowest BCUT2D eigenvalue weighted by Gasteiger charge is -2.25. The van der Waals surface area contributed by atoms with Crippen LogP contribution in [-0.4, -0.2) is 35.5 Å². The van der Waals surface area contributed by atoms with Crippen LogP contribution in [-0.2, 0) is 9.59 Å². The fourth-order valence-electron chi connectivity index (χ4n) is 1.73. The molecule has 0 bridgehead atoms. The summed E-state index contributed by atoms with van der Waals surface area (Å²) in [6.45, 7) is 0.0957. The molecule has 0 spiro atoms. The summed E-state index contributed by atoms with van der Waals surface area (Å²) in [5.74, 6) is -2.29. The fourth-order valence-corrected chi connectivity index (χ4v) is 2.07. The highest BCUT2D eigenvalue weighted by atomic mass is 79.9. The van der Waals surface area contributed by atoms with Gasteiger partial charge in [0.1, 0.15) is 11.9 Å². The SMILES string of the molecule is CN(CCC(=O)O)C(C(N)=O)c1ccc(Br)cc1F. The lowest BCUT2D eigenvalue weighted by molar-refractivity contribution is -0.138.